The van der Waals surface area contributed by atoms with Gasteiger partial charge in [-0.2, -0.15) is 0 Å². The van der Waals surface area contributed by atoms with Gasteiger partial charge in [-0.25, -0.2) is 0 Å². The Hall–Kier alpha value is -2.84. The number of nitrogens with one attached hydrogen (secondary N) is 2. The van der Waals surface area contributed by atoms with E-state index in [0.717, 1.165) is 15.7 Å². The molecule has 5 N–H and O–H groups in total. The molecule has 2 aromatic rings. The lowest BCUT2D eigenvalue weighted by atomic mass is 9.51. The van der Waals surface area contributed by atoms with Crippen molar-refractivity contribution < 1.29 is 39.2 Å². The summed E-state index contributed by atoms with van der Waals surface area (Å²) in [7, 11) is 9.25. The molecular weight excluding hydrogens is 737 g/mol. The molecule has 1 spiro atoms. The van der Waals surface area contributed by atoms with Gasteiger partial charge in [0, 0.05) is 32.6 Å². The zero-order valence-electron chi connectivity index (χ0n) is 28.1. The quantitative estimate of drug-likeness (QED) is 0.280. The van der Waals surface area contributed by atoms with Crippen molar-refractivity contribution in [3.63, 3.8) is 0 Å². The van der Waals surface area contributed by atoms with Crippen molar-refractivity contribution in [2.24, 2.45) is 5.92 Å². The molecule has 18 heteroatoms. The number of para-hydroxylation sites is 2. The van der Waals surface area contributed by atoms with E-state index < -0.39 is 81.2 Å². The summed E-state index contributed by atoms with van der Waals surface area (Å²) in [4.78, 5) is 61.8. The number of amides is 4. The summed E-state index contributed by atoms with van der Waals surface area (Å²) in [5, 5.41) is 44.3. The average Bonchev–Trinajstić information content (AvgIpc) is 3.76. The molecule has 8 heterocycles. The highest BCUT2D eigenvalue weighted by molar-refractivity contribution is 9.26. The highest BCUT2D eigenvalue weighted by atomic mass is 33.7. The Morgan fingerprint density at radius 1 is 0.804 bits per heavy atom. The van der Waals surface area contributed by atoms with E-state index in [2.05, 4.69) is 10.6 Å². The van der Waals surface area contributed by atoms with Crippen LogP contribution in [0.2, 0.25) is 0 Å². The summed E-state index contributed by atoms with van der Waals surface area (Å²) >= 11 is 0. The lowest BCUT2D eigenvalue weighted by Gasteiger charge is -2.56. The van der Waals surface area contributed by atoms with Crippen LogP contribution in [0.4, 0.5) is 11.4 Å². The molecule has 14 nitrogen and oxygen atoms in total. The number of ether oxygens (including phenoxy) is 1. The smallest absolute Gasteiger partial charge is 0.279 e. The maximum absolute atomic E-state index is 15.4. The van der Waals surface area contributed by atoms with Crippen LogP contribution >= 0.6 is 41.2 Å². The number of rotatable bonds is 4. The number of carbonyl (C=O) groups is 4. The van der Waals surface area contributed by atoms with Crippen LogP contribution < -0.4 is 10.6 Å². The van der Waals surface area contributed by atoms with Crippen LogP contribution in [0.15, 0.2) is 48.5 Å². The lowest BCUT2D eigenvalue weighted by molar-refractivity contribution is -0.218. The van der Waals surface area contributed by atoms with Gasteiger partial charge in [-0.15, -0.1) is 0 Å². The van der Waals surface area contributed by atoms with Gasteiger partial charge in [0.2, 0.25) is 4.87 Å². The van der Waals surface area contributed by atoms with Gasteiger partial charge in [0.05, 0.1) is 17.4 Å². The molecule has 8 aliphatic rings. The van der Waals surface area contributed by atoms with Crippen LogP contribution in [0, 0.1) is 5.92 Å². The highest BCUT2D eigenvalue weighted by Gasteiger charge is 2.91. The van der Waals surface area contributed by atoms with Crippen molar-refractivity contribution in [3.8, 4) is 0 Å². The molecule has 51 heavy (non-hydrogen) atoms. The number of aliphatic hydroxyl groups is 3. The van der Waals surface area contributed by atoms with Crippen molar-refractivity contribution in [1.29, 1.82) is 0 Å². The van der Waals surface area contributed by atoms with Crippen LogP contribution in [0.5, 0.6) is 0 Å². The molecule has 0 saturated carbocycles. The largest absolute Gasteiger partial charge is 0.394 e. The second kappa shape index (κ2) is 10.6. The third kappa shape index (κ3) is 3.25. The predicted molar refractivity (Wildman–Crippen MR) is 194 cm³/mol. The monoisotopic (exact) mass is 772 g/mol. The number of carbonyl (C=O) groups excluding carboxylic acids is 4. The zero-order chi connectivity index (χ0) is 36.2. The molecule has 6 saturated heterocycles. The number of benzene rings is 2. The summed E-state index contributed by atoms with van der Waals surface area (Å²) in [5.74, 6) is -2.66. The summed E-state index contributed by atoms with van der Waals surface area (Å²) in [6.07, 6.45) is -6.05. The first kappa shape index (κ1) is 34.0. The van der Waals surface area contributed by atoms with Crippen molar-refractivity contribution in [2.75, 3.05) is 38.4 Å². The van der Waals surface area contributed by atoms with Crippen molar-refractivity contribution in [1.82, 2.24) is 19.6 Å². The summed E-state index contributed by atoms with van der Waals surface area (Å²) < 4.78 is 6.06. The van der Waals surface area contributed by atoms with Crippen molar-refractivity contribution in [2.45, 2.75) is 70.7 Å². The van der Waals surface area contributed by atoms with Crippen LogP contribution in [-0.2, 0) is 34.7 Å². The van der Waals surface area contributed by atoms with Crippen molar-refractivity contribution >= 4 is 76.2 Å². The van der Waals surface area contributed by atoms with Gasteiger partial charge < -0.3 is 40.5 Å². The lowest BCUT2D eigenvalue weighted by Crippen LogP contribution is -2.76. The second-order valence-corrected chi connectivity index (χ2v) is 20.5. The Morgan fingerprint density at radius 3 is 1.92 bits per heavy atom. The Kier molecular flexibility index (Phi) is 7.09. The Morgan fingerprint density at radius 2 is 1.35 bits per heavy atom. The number of anilines is 2. The first-order valence-electron chi connectivity index (χ1n) is 16.5. The molecule has 0 aromatic heterocycles. The fourth-order valence-electron chi connectivity index (χ4n) is 10.5. The predicted octanol–water partition coefficient (Wildman–Crippen LogP) is 1.16. The van der Waals surface area contributed by atoms with Crippen LogP contribution in [0.3, 0.4) is 0 Å². The fourth-order valence-corrected chi connectivity index (χ4v) is 18.6. The van der Waals surface area contributed by atoms with E-state index in [9.17, 15) is 24.9 Å². The molecule has 270 valence electrons. The molecule has 8 aliphatic heterocycles. The molecule has 0 radical (unpaired) electrons. The number of piperazine rings is 2. The molecule has 10 rings (SSSR count). The fraction of sp³-hybridized carbons (Fsp3) is 0.515. The van der Waals surface area contributed by atoms with Crippen LogP contribution in [-0.4, -0.2) is 132 Å². The van der Waals surface area contributed by atoms with Gasteiger partial charge in [0.1, 0.15) is 30.6 Å². The molecule has 6 fully saturated rings. The SMILES string of the molecule is CO[C@@]12C(=O)N(C)[C@@H](CO)C(=O)N1[C@@H]1Nc3ccccc3[C@]1([C@@]13c4ccccc4N[C@@H]1N1C(=O)[C@@]4(C(C)C)SSSS[C@]1(C(=O)N4C)[C@H]3O)[C@@H]2O. The minimum Gasteiger partial charge on any atom is -0.394 e. The molecule has 0 unspecified atom stereocenters. The van der Waals surface area contributed by atoms with Gasteiger partial charge in [-0.05, 0) is 70.4 Å². The summed E-state index contributed by atoms with van der Waals surface area (Å²) in [6.45, 7) is 3.08. The first-order chi connectivity index (χ1) is 24.3. The number of fused-ring (bicyclic) bond motifs is 13. The normalized spacial score (nSPS) is 41.9. The number of likely N-dealkylation sites (N-methyl/N-ethyl adjacent to an activating group) is 2. The number of nitrogens with zero attached hydrogens (tertiary/aromatic N) is 4. The molecule has 4 amide bonds. The zero-order valence-corrected chi connectivity index (χ0v) is 31.4. The standard InChI is InChI=1S/C33H36N6O8S4/c1-15(2)32-28(46)39-25-30(17-11-7-9-13-19(17)35-25,23(43)33(39,27(45)37(32)4)49-51-50-48-32)29-16-10-6-8-12-18(16)34-24(29)38-21(41)20(14-40)36(3)26(44)31(38,47-5)22(29)42/h6-13,15,20,22-25,34-35,40,42-43H,14H2,1-5H3/t20-,22-,23-,24-,25+,29-,30+,31-,32+,33-/m0/s1. The van der Waals surface area contributed by atoms with E-state index in [4.69, 9.17) is 4.74 Å². The minimum atomic E-state index is -2.33. The maximum atomic E-state index is 15.4. The van der Waals surface area contributed by atoms with E-state index in [0.29, 0.717) is 22.5 Å². The van der Waals surface area contributed by atoms with E-state index >= 15 is 9.59 Å². The van der Waals surface area contributed by atoms with Crippen molar-refractivity contribution in [3.05, 3.63) is 59.7 Å². The minimum absolute atomic E-state index is 0.349. The Bertz CT molecular complexity index is 1940. The first-order valence-corrected chi connectivity index (χ1v) is 21.3. The van der Waals surface area contributed by atoms with Gasteiger partial charge in [0.15, 0.2) is 4.87 Å². The van der Waals surface area contributed by atoms with Gasteiger partial charge in [-0.3, -0.25) is 29.0 Å². The Labute approximate surface area is 308 Å². The van der Waals surface area contributed by atoms with Crippen LogP contribution in [0.25, 0.3) is 0 Å². The molecule has 0 aliphatic carbocycles. The van der Waals surface area contributed by atoms with Gasteiger partial charge in [0.25, 0.3) is 29.4 Å². The van der Waals surface area contributed by atoms with E-state index in [1.807, 2.05) is 26.0 Å². The number of hydrogen-bond donors (Lipinski definition) is 5. The molecule has 2 bridgehead atoms. The molecule has 2 aromatic carbocycles. The maximum Gasteiger partial charge on any atom is 0.279 e. The third-order valence-electron chi connectivity index (χ3n) is 12.6. The number of methoxy groups -OCH3 is 1. The number of hydrogen-bond acceptors (Lipinski definition) is 14. The second-order valence-electron chi connectivity index (χ2n) is 14.3. The average molecular weight is 773 g/mol. The highest BCUT2D eigenvalue weighted by Crippen LogP contribution is 2.76. The van der Waals surface area contributed by atoms with E-state index in [1.54, 1.807) is 43.4 Å². The Balaban J connectivity index is 1.43. The molecule has 10 atom stereocenters. The van der Waals surface area contributed by atoms with E-state index in [-0.39, 0.29) is 11.8 Å². The summed E-state index contributed by atoms with van der Waals surface area (Å²) in [6, 6.07) is 13.0. The van der Waals surface area contributed by atoms with E-state index in [1.165, 1.54) is 59.3 Å². The van der Waals surface area contributed by atoms with Gasteiger partial charge in [-0.1, -0.05) is 50.2 Å². The summed E-state index contributed by atoms with van der Waals surface area (Å²) in [5.41, 5.74) is -3.94. The van der Waals surface area contributed by atoms with Gasteiger partial charge >= 0.3 is 0 Å². The third-order valence-corrected chi connectivity index (χ3v) is 20.1. The van der Waals surface area contributed by atoms with Crippen LogP contribution in [0.1, 0.15) is 25.0 Å². The topological polar surface area (TPSA) is 175 Å². The molecular formula is C33H36N6O8S4. The number of aliphatic hydroxyl groups excluding tert-OH is 3.